The van der Waals surface area contributed by atoms with Gasteiger partial charge >= 0.3 is 5.97 Å². The molecule has 1 aromatic rings. The van der Waals surface area contributed by atoms with Crippen LogP contribution < -0.4 is 5.32 Å². The maximum Gasteiger partial charge on any atom is 0.305 e. The SMILES string of the molecule is O=C(O)CC1NCCc2cc(Br)ccc21. The van der Waals surface area contributed by atoms with E-state index in [4.69, 9.17) is 5.11 Å². The van der Waals surface area contributed by atoms with Crippen molar-refractivity contribution in [3.05, 3.63) is 33.8 Å². The van der Waals surface area contributed by atoms with E-state index in [0.717, 1.165) is 23.0 Å². The van der Waals surface area contributed by atoms with Crippen molar-refractivity contribution in [2.75, 3.05) is 6.54 Å². The van der Waals surface area contributed by atoms with Crippen LogP contribution in [0.5, 0.6) is 0 Å². The largest absolute Gasteiger partial charge is 0.481 e. The number of hydrogen-bond donors (Lipinski definition) is 2. The summed E-state index contributed by atoms with van der Waals surface area (Å²) in [6.07, 6.45) is 1.11. The van der Waals surface area contributed by atoms with Crippen LogP contribution >= 0.6 is 15.9 Å². The fourth-order valence-electron chi connectivity index (χ4n) is 1.98. The van der Waals surface area contributed by atoms with Crippen LogP contribution in [-0.4, -0.2) is 17.6 Å². The molecular weight excluding hydrogens is 258 g/mol. The summed E-state index contributed by atoms with van der Waals surface area (Å²) in [7, 11) is 0. The fraction of sp³-hybridized carbons (Fsp3) is 0.364. The lowest BCUT2D eigenvalue weighted by Crippen LogP contribution is -2.31. The standard InChI is InChI=1S/C11H12BrNO2/c12-8-1-2-9-7(5-8)3-4-13-10(9)6-11(14)15/h1-2,5,10,13H,3-4,6H2,(H,14,15). The van der Waals surface area contributed by atoms with Crippen LogP contribution in [0.1, 0.15) is 23.6 Å². The summed E-state index contributed by atoms with van der Waals surface area (Å²) in [6.45, 7) is 0.849. The highest BCUT2D eigenvalue weighted by Crippen LogP contribution is 2.27. The molecule has 2 rings (SSSR count). The Kier molecular flexibility index (Phi) is 3.07. The van der Waals surface area contributed by atoms with Gasteiger partial charge in [-0.25, -0.2) is 0 Å². The molecule has 3 nitrogen and oxygen atoms in total. The molecule has 0 fully saturated rings. The Balaban J connectivity index is 2.30. The van der Waals surface area contributed by atoms with Crippen molar-refractivity contribution in [1.29, 1.82) is 0 Å². The molecular formula is C11H12BrNO2. The zero-order chi connectivity index (χ0) is 10.8. The second-order valence-corrected chi connectivity index (χ2v) is 4.61. The van der Waals surface area contributed by atoms with Gasteiger partial charge in [0.25, 0.3) is 0 Å². The third kappa shape index (κ3) is 2.38. The number of aliphatic carboxylic acids is 1. The van der Waals surface area contributed by atoms with E-state index in [-0.39, 0.29) is 12.5 Å². The van der Waals surface area contributed by atoms with Crippen molar-refractivity contribution in [2.45, 2.75) is 18.9 Å². The van der Waals surface area contributed by atoms with Crippen LogP contribution in [-0.2, 0) is 11.2 Å². The quantitative estimate of drug-likeness (QED) is 0.865. The number of nitrogens with one attached hydrogen (secondary N) is 1. The van der Waals surface area contributed by atoms with E-state index in [9.17, 15) is 4.79 Å². The molecule has 0 radical (unpaired) electrons. The molecule has 1 heterocycles. The molecule has 0 saturated heterocycles. The highest BCUT2D eigenvalue weighted by atomic mass is 79.9. The van der Waals surface area contributed by atoms with E-state index in [2.05, 4.69) is 27.3 Å². The maximum absolute atomic E-state index is 10.7. The average molecular weight is 270 g/mol. The summed E-state index contributed by atoms with van der Waals surface area (Å²) in [4.78, 5) is 10.7. The summed E-state index contributed by atoms with van der Waals surface area (Å²) < 4.78 is 1.05. The molecule has 1 aliphatic rings. The van der Waals surface area contributed by atoms with E-state index >= 15 is 0 Å². The first-order chi connectivity index (χ1) is 7.16. The number of carbonyl (C=O) groups is 1. The van der Waals surface area contributed by atoms with Crippen LogP contribution in [0.25, 0.3) is 0 Å². The molecule has 1 aromatic carbocycles. The lowest BCUT2D eigenvalue weighted by atomic mass is 9.93. The molecule has 80 valence electrons. The average Bonchev–Trinajstić information content (AvgIpc) is 2.16. The van der Waals surface area contributed by atoms with Crippen molar-refractivity contribution < 1.29 is 9.90 Å². The van der Waals surface area contributed by atoms with Gasteiger partial charge in [0.2, 0.25) is 0 Å². The van der Waals surface area contributed by atoms with Crippen molar-refractivity contribution in [2.24, 2.45) is 0 Å². The van der Waals surface area contributed by atoms with Gasteiger partial charge in [-0.1, -0.05) is 22.0 Å². The Morgan fingerprint density at radius 2 is 2.40 bits per heavy atom. The molecule has 2 N–H and O–H groups in total. The Morgan fingerprint density at radius 3 is 3.13 bits per heavy atom. The van der Waals surface area contributed by atoms with Gasteiger partial charge in [-0.15, -0.1) is 0 Å². The minimum absolute atomic E-state index is 0.0423. The first kappa shape index (κ1) is 10.6. The van der Waals surface area contributed by atoms with Crippen LogP contribution in [0.3, 0.4) is 0 Å². The number of carboxylic acids is 1. The molecule has 0 spiro atoms. The molecule has 0 amide bonds. The van der Waals surface area contributed by atoms with Crippen LogP contribution in [0.4, 0.5) is 0 Å². The third-order valence-electron chi connectivity index (χ3n) is 2.64. The minimum atomic E-state index is -0.761. The van der Waals surface area contributed by atoms with Gasteiger partial charge in [0.1, 0.15) is 0 Å². The first-order valence-corrected chi connectivity index (χ1v) is 5.69. The summed E-state index contributed by atoms with van der Waals surface area (Å²) in [6, 6.07) is 5.99. The Morgan fingerprint density at radius 1 is 1.60 bits per heavy atom. The van der Waals surface area contributed by atoms with Crippen molar-refractivity contribution in [3.63, 3.8) is 0 Å². The second-order valence-electron chi connectivity index (χ2n) is 3.70. The second kappa shape index (κ2) is 4.33. The van der Waals surface area contributed by atoms with E-state index in [1.807, 2.05) is 12.1 Å². The van der Waals surface area contributed by atoms with Gasteiger partial charge in [0.05, 0.1) is 6.42 Å². The molecule has 1 aliphatic heterocycles. The third-order valence-corrected chi connectivity index (χ3v) is 3.14. The predicted molar refractivity (Wildman–Crippen MR) is 60.8 cm³/mol. The lowest BCUT2D eigenvalue weighted by molar-refractivity contribution is -0.137. The van der Waals surface area contributed by atoms with Crippen molar-refractivity contribution >= 4 is 21.9 Å². The molecule has 0 aliphatic carbocycles. The number of benzene rings is 1. The molecule has 0 bridgehead atoms. The Labute approximate surface area is 96.6 Å². The summed E-state index contributed by atoms with van der Waals surface area (Å²) in [5.74, 6) is -0.761. The number of hydrogen-bond acceptors (Lipinski definition) is 2. The van der Waals surface area contributed by atoms with E-state index in [0.29, 0.717) is 0 Å². The summed E-state index contributed by atoms with van der Waals surface area (Å²) in [5.41, 5.74) is 2.36. The van der Waals surface area contributed by atoms with E-state index < -0.39 is 5.97 Å². The van der Waals surface area contributed by atoms with Gasteiger partial charge in [-0.2, -0.15) is 0 Å². The Bertz CT molecular complexity index is 392. The monoisotopic (exact) mass is 269 g/mol. The fourth-order valence-corrected chi connectivity index (χ4v) is 2.39. The number of rotatable bonds is 2. The highest BCUT2D eigenvalue weighted by Gasteiger charge is 2.21. The molecule has 1 unspecified atom stereocenters. The van der Waals surface area contributed by atoms with E-state index in [1.54, 1.807) is 0 Å². The van der Waals surface area contributed by atoms with Crippen molar-refractivity contribution in [1.82, 2.24) is 5.32 Å². The minimum Gasteiger partial charge on any atom is -0.481 e. The maximum atomic E-state index is 10.7. The lowest BCUT2D eigenvalue weighted by Gasteiger charge is -2.25. The Hall–Kier alpha value is -0.870. The summed E-state index contributed by atoms with van der Waals surface area (Å²) in [5, 5.41) is 12.0. The summed E-state index contributed by atoms with van der Waals surface area (Å²) >= 11 is 3.42. The van der Waals surface area contributed by atoms with E-state index in [1.165, 1.54) is 5.56 Å². The predicted octanol–water partition coefficient (Wildman–Crippen LogP) is 2.11. The highest BCUT2D eigenvalue weighted by molar-refractivity contribution is 9.10. The van der Waals surface area contributed by atoms with Gasteiger partial charge < -0.3 is 10.4 Å². The van der Waals surface area contributed by atoms with Gasteiger partial charge in [-0.3, -0.25) is 4.79 Å². The smallest absolute Gasteiger partial charge is 0.305 e. The molecule has 15 heavy (non-hydrogen) atoms. The topological polar surface area (TPSA) is 49.3 Å². The molecule has 0 aromatic heterocycles. The molecule has 4 heteroatoms. The number of carboxylic acid groups (broad SMARTS) is 1. The molecule has 1 atom stereocenters. The zero-order valence-electron chi connectivity index (χ0n) is 8.16. The number of fused-ring (bicyclic) bond motifs is 1. The van der Waals surface area contributed by atoms with Gasteiger partial charge in [-0.05, 0) is 36.2 Å². The van der Waals surface area contributed by atoms with Crippen molar-refractivity contribution in [3.8, 4) is 0 Å². The normalized spacial score (nSPS) is 19.7. The molecule has 0 saturated carbocycles. The van der Waals surface area contributed by atoms with Gasteiger partial charge in [0.15, 0.2) is 0 Å². The first-order valence-electron chi connectivity index (χ1n) is 4.90. The van der Waals surface area contributed by atoms with Gasteiger partial charge in [0, 0.05) is 10.5 Å². The zero-order valence-corrected chi connectivity index (χ0v) is 9.75. The van der Waals surface area contributed by atoms with Crippen LogP contribution in [0.2, 0.25) is 0 Å². The van der Waals surface area contributed by atoms with Crippen LogP contribution in [0, 0.1) is 0 Å². The number of halogens is 1. The van der Waals surface area contributed by atoms with Crippen LogP contribution in [0.15, 0.2) is 22.7 Å².